The van der Waals surface area contributed by atoms with Gasteiger partial charge in [-0.2, -0.15) is 0 Å². The maximum absolute atomic E-state index is 15.5. The number of likely N-dealkylation sites (N-methyl/N-ethyl adjacent to an activating group) is 1. The van der Waals surface area contributed by atoms with E-state index in [1.54, 1.807) is 133 Å². The van der Waals surface area contributed by atoms with Crippen molar-refractivity contribution in [2.24, 2.45) is 23.5 Å². The molecule has 0 saturated carbocycles. The number of aliphatic hydroxyl groups is 1. The molecule has 7 rings (SSSR count). The van der Waals surface area contributed by atoms with E-state index in [2.05, 4.69) is 68.8 Å². The summed E-state index contributed by atoms with van der Waals surface area (Å²) in [4.78, 5) is 206. The molecule has 0 spiro atoms. The fourth-order valence-corrected chi connectivity index (χ4v) is 13.4. The summed E-state index contributed by atoms with van der Waals surface area (Å²) >= 11 is 0.834. The molecule has 1 aliphatic heterocycles. The highest BCUT2D eigenvalue weighted by Crippen LogP contribution is 2.22. The number of aromatic amines is 1. The number of phenolic OH excluding ortho intramolecular Hbond substituents is 2. The van der Waals surface area contributed by atoms with E-state index in [1.165, 1.54) is 62.5 Å². The lowest BCUT2D eigenvalue weighted by Crippen LogP contribution is -2.61. The highest BCUT2D eigenvalue weighted by Gasteiger charge is 2.39. The van der Waals surface area contributed by atoms with Crippen LogP contribution in [0.3, 0.4) is 0 Å². The fraction of sp³-hybridized carbons (Fsp3) is 0.425. The Morgan fingerprint density at radius 3 is 1.50 bits per heavy atom. The van der Waals surface area contributed by atoms with Gasteiger partial charge in [0.2, 0.25) is 82.7 Å². The normalized spacial score (nSPS) is 22.8. The summed E-state index contributed by atoms with van der Waals surface area (Å²) < 4.78 is 0. The van der Waals surface area contributed by atoms with Crippen LogP contribution in [0.15, 0.2) is 140 Å². The lowest BCUT2D eigenvalue weighted by Gasteiger charge is -2.33. The summed E-state index contributed by atoms with van der Waals surface area (Å²) in [7, 11) is 1.32. The molecule has 606 valence electrons. The topological polar surface area (TPSA) is 489 Å². The number of hydrogen-bond acceptors (Lipinski definition) is 18. The summed E-state index contributed by atoms with van der Waals surface area (Å²) in [5, 5.41) is 63.1. The maximum Gasteiger partial charge on any atom is 0.245 e. The summed E-state index contributed by atoms with van der Waals surface area (Å²) in [6.07, 6.45) is 0.524. The van der Waals surface area contributed by atoms with E-state index in [-0.39, 0.29) is 74.0 Å². The number of amides is 14. The Kier molecular flexibility index (Phi) is 33.7. The van der Waals surface area contributed by atoms with E-state index in [0.717, 1.165) is 16.7 Å². The third-order valence-corrected chi connectivity index (χ3v) is 19.6. The molecule has 32 nitrogen and oxygen atoms in total. The van der Waals surface area contributed by atoms with Gasteiger partial charge in [0, 0.05) is 62.0 Å². The Morgan fingerprint density at radius 1 is 0.496 bits per heavy atom. The molecule has 1 aliphatic rings. The molecule has 0 radical (unpaired) electrons. The Balaban J connectivity index is 1.28. The Hall–Kier alpha value is -11.9. The van der Waals surface area contributed by atoms with Crippen molar-refractivity contribution in [3.63, 3.8) is 0 Å². The molecule has 11 atom stereocenters. The number of carbonyl (C=O) groups is 14. The van der Waals surface area contributed by atoms with Crippen LogP contribution in [0.2, 0.25) is 0 Å². The number of aromatic nitrogens is 1. The molecule has 0 unspecified atom stereocenters. The molecule has 14 amide bonds. The van der Waals surface area contributed by atoms with Crippen LogP contribution in [0.4, 0.5) is 0 Å². The van der Waals surface area contributed by atoms with Crippen LogP contribution < -0.4 is 69.5 Å². The minimum atomic E-state index is -1.73. The molecule has 1 saturated heterocycles. The highest BCUT2D eigenvalue weighted by atomic mass is 32.2. The van der Waals surface area contributed by atoms with Gasteiger partial charge in [-0.1, -0.05) is 145 Å². The maximum atomic E-state index is 15.5. The summed E-state index contributed by atoms with van der Waals surface area (Å²) in [5.41, 5.74) is 8.62. The van der Waals surface area contributed by atoms with E-state index in [9.17, 15) is 68.1 Å². The second kappa shape index (κ2) is 43.1. The number of fused-ring (bicyclic) bond motifs is 1. The zero-order valence-electron chi connectivity index (χ0n) is 64.3. The van der Waals surface area contributed by atoms with Gasteiger partial charge in [0.05, 0.1) is 25.4 Å². The largest absolute Gasteiger partial charge is 0.508 e. The Labute approximate surface area is 659 Å². The number of nitrogens with zero attached hydrogens (tertiary/aromatic N) is 1. The molecule has 0 bridgehead atoms. The zero-order valence-corrected chi connectivity index (χ0v) is 65.2. The van der Waals surface area contributed by atoms with E-state index in [0.29, 0.717) is 38.7 Å². The van der Waals surface area contributed by atoms with Gasteiger partial charge >= 0.3 is 0 Å². The van der Waals surface area contributed by atoms with Crippen molar-refractivity contribution in [3.8, 4) is 11.5 Å². The first-order chi connectivity index (χ1) is 53.7. The number of aromatic hydroxyl groups is 2. The number of hydrogen-bond donors (Lipinski definition) is 17. The first kappa shape index (κ1) is 88.3. The van der Waals surface area contributed by atoms with Crippen LogP contribution >= 0.6 is 11.8 Å². The second-order valence-electron chi connectivity index (χ2n) is 29.1. The van der Waals surface area contributed by atoms with Gasteiger partial charge in [-0.3, -0.25) is 67.1 Å². The van der Waals surface area contributed by atoms with E-state index < -0.39 is 181 Å². The van der Waals surface area contributed by atoms with Crippen LogP contribution in [-0.2, 0) is 99.2 Å². The number of H-pyrrole nitrogens is 1. The smallest absolute Gasteiger partial charge is 0.245 e. The zero-order chi connectivity index (χ0) is 82.6. The number of rotatable bonds is 19. The molecule has 1 fully saturated rings. The number of primary amides is 1. The number of aliphatic hydroxyl groups excluding tert-OH is 1. The molecule has 1 aromatic heterocycles. The lowest BCUT2D eigenvalue weighted by molar-refractivity contribution is -0.143. The predicted molar refractivity (Wildman–Crippen MR) is 421 cm³/mol. The van der Waals surface area contributed by atoms with Gasteiger partial charge in [-0.25, -0.2) is 0 Å². The molecular weight excluding hydrogens is 1480 g/mol. The third-order valence-electron chi connectivity index (χ3n) is 18.6. The number of thioether (sulfide) groups is 1. The van der Waals surface area contributed by atoms with Gasteiger partial charge < -0.3 is 94.7 Å². The van der Waals surface area contributed by atoms with Crippen LogP contribution in [-0.4, -0.2) is 213 Å². The van der Waals surface area contributed by atoms with Crippen molar-refractivity contribution in [2.75, 3.05) is 38.2 Å². The van der Waals surface area contributed by atoms with Gasteiger partial charge in [0.1, 0.15) is 78.0 Å². The van der Waals surface area contributed by atoms with Crippen molar-refractivity contribution in [1.82, 2.24) is 73.7 Å². The van der Waals surface area contributed by atoms with Crippen molar-refractivity contribution in [2.45, 2.75) is 160 Å². The molecule has 0 aliphatic carbocycles. The summed E-state index contributed by atoms with van der Waals surface area (Å²) in [5.74, 6) is -15.0. The summed E-state index contributed by atoms with van der Waals surface area (Å²) in [6.45, 7) is 9.01. The molecule has 5 aromatic carbocycles. The predicted octanol–water partition coefficient (Wildman–Crippen LogP) is -0.00770. The van der Waals surface area contributed by atoms with Crippen LogP contribution in [0.25, 0.3) is 10.9 Å². The van der Waals surface area contributed by atoms with Crippen molar-refractivity contribution in [1.29, 1.82) is 0 Å². The molecule has 113 heavy (non-hydrogen) atoms. The quantitative estimate of drug-likeness (QED) is 0.0507. The van der Waals surface area contributed by atoms with Gasteiger partial charge in [0.25, 0.3) is 0 Å². The highest BCUT2D eigenvalue weighted by molar-refractivity contribution is 8.00. The molecule has 6 aromatic rings. The second-order valence-corrected chi connectivity index (χ2v) is 30.1. The molecule has 33 heteroatoms. The number of benzene rings is 5. The van der Waals surface area contributed by atoms with Crippen molar-refractivity contribution < 1.29 is 82.4 Å². The number of nitrogens with one attached hydrogen (secondary N) is 13. The van der Waals surface area contributed by atoms with Crippen LogP contribution in [0, 0.1) is 17.8 Å². The first-order valence-corrected chi connectivity index (χ1v) is 38.4. The van der Waals surface area contributed by atoms with E-state index in [4.69, 9.17) is 5.73 Å². The number of nitrogens with two attached hydrogens (primary N) is 1. The minimum absolute atomic E-state index is 0.00823. The monoisotopic (exact) mass is 1580 g/mol. The fourth-order valence-electron chi connectivity index (χ4n) is 12.5. The first-order valence-electron chi connectivity index (χ1n) is 37.2. The average Bonchev–Trinajstić information content (AvgIpc) is 1.81. The third kappa shape index (κ3) is 27.8. The van der Waals surface area contributed by atoms with Crippen LogP contribution in [0.1, 0.15) is 89.1 Å². The Morgan fingerprint density at radius 2 is 0.956 bits per heavy atom. The van der Waals surface area contributed by atoms with Gasteiger partial charge in [0.15, 0.2) is 0 Å². The van der Waals surface area contributed by atoms with Crippen molar-refractivity contribution >= 4 is 105 Å². The standard InChI is InChI=1S/C80H103N15O17S/c1-44(2)31-57-73(105)93-64(72(104)83-39-66(81)99)42-113-43-68(101)87-59(33-48-17-11-9-12-18-48)74(106)89-60(34-50-23-27-53(97)28-24-50)75(107)88-58(32-45(3)4)77(109)94-69(46(5)6)79(111)85-47(7)70(102)92-63(41-96)71(103)84-40-67(100)86-61(37-52-38-82-56-22-16-15-21-55(52)56)76(108)91-62(35-51-25-29-54(98)30-26-51)80(112)95(8)65(78(110)90-57)36-49-19-13-10-14-20-49/h9-30,38,44-47,57-65,69,82,96-98H,31-37,39-43H2,1-8H3,(H2,81,99)(H,83,104)(H,84,103)(H,85,111)(H,86,100)(H,87,101)(H,88,107)(H,89,106)(H,90,110)(H,91,108)(H,92,102)(H,93,105)(H,94,109)/t47-,57-,58-,59-,60-,61-,62-,63-,64-,65-,69-/m0/s1. The number of para-hydroxylation sites is 1. The number of carbonyl (C=O) groups excluding carboxylic acids is 14. The number of phenols is 2. The Bertz CT molecular complexity index is 4300. The van der Waals surface area contributed by atoms with E-state index >= 15 is 14.4 Å². The molecule has 2 heterocycles. The molecule has 18 N–H and O–H groups in total. The van der Waals surface area contributed by atoms with Gasteiger partial charge in [-0.05, 0) is 95.7 Å². The minimum Gasteiger partial charge on any atom is -0.508 e. The average molecular weight is 1580 g/mol. The van der Waals surface area contributed by atoms with E-state index in [1.807, 2.05) is 0 Å². The SMILES string of the molecule is CC(C)C[C@@H]1NC(=O)[C@H](Cc2ccc(O)cc2)NC(=O)[C@H](Cc2ccccc2)NC(=O)CSC[C@@H](C(=O)NCC(N)=O)NC(=O)[C@H](CC(C)C)NC(=O)[C@H](Cc2ccccc2)N(C)C(=O)[C@H](Cc2ccc(O)cc2)NC(=O)[C@H](Cc2c[nH]c3ccccc23)NC(=O)CNC(=O)[C@H](CO)NC(=O)[C@H](C)NC(=O)[C@H](C(C)C)NC1=O. The van der Waals surface area contributed by atoms with Crippen LogP contribution in [0.5, 0.6) is 11.5 Å². The van der Waals surface area contributed by atoms with Gasteiger partial charge in [-0.15, -0.1) is 11.8 Å². The lowest BCUT2D eigenvalue weighted by atomic mass is 9.98. The summed E-state index contributed by atoms with van der Waals surface area (Å²) in [6, 6.07) is 19.3. The molecular formula is C80H103N15O17S. The van der Waals surface area contributed by atoms with Crippen molar-refractivity contribution in [3.05, 3.63) is 167 Å².